The van der Waals surface area contributed by atoms with Gasteiger partial charge >= 0.3 is 0 Å². The SMILES string of the molecule is CCCC(CCCl)CNC(=O)CCOc1ccccc1. The molecular formula is C16H24ClNO2. The van der Waals surface area contributed by atoms with Crippen LogP contribution in [0.5, 0.6) is 5.75 Å². The number of nitrogens with one attached hydrogen (secondary N) is 1. The van der Waals surface area contributed by atoms with Crippen LogP contribution in [0.4, 0.5) is 0 Å². The lowest BCUT2D eigenvalue weighted by atomic mass is 10.0. The van der Waals surface area contributed by atoms with Crippen LogP contribution in [0.3, 0.4) is 0 Å². The highest BCUT2D eigenvalue weighted by molar-refractivity contribution is 6.17. The lowest BCUT2D eigenvalue weighted by Gasteiger charge is -2.15. The first-order chi connectivity index (χ1) is 9.76. The number of hydrogen-bond acceptors (Lipinski definition) is 2. The maximum absolute atomic E-state index is 11.7. The summed E-state index contributed by atoms with van der Waals surface area (Å²) < 4.78 is 5.50. The minimum Gasteiger partial charge on any atom is -0.493 e. The van der Waals surface area contributed by atoms with Gasteiger partial charge in [0.25, 0.3) is 0 Å². The number of benzene rings is 1. The number of carbonyl (C=O) groups is 1. The van der Waals surface area contributed by atoms with Gasteiger partial charge in [-0.2, -0.15) is 0 Å². The van der Waals surface area contributed by atoms with Crippen LogP contribution in [0.15, 0.2) is 30.3 Å². The van der Waals surface area contributed by atoms with E-state index in [0.717, 1.165) is 25.0 Å². The van der Waals surface area contributed by atoms with Gasteiger partial charge in [0.15, 0.2) is 0 Å². The molecule has 112 valence electrons. The van der Waals surface area contributed by atoms with Crippen LogP contribution in [-0.2, 0) is 4.79 Å². The average molecular weight is 298 g/mol. The van der Waals surface area contributed by atoms with Gasteiger partial charge in [-0.15, -0.1) is 11.6 Å². The number of para-hydroxylation sites is 1. The molecule has 0 saturated carbocycles. The summed E-state index contributed by atoms with van der Waals surface area (Å²) in [5.74, 6) is 1.97. The van der Waals surface area contributed by atoms with Crippen molar-refractivity contribution in [1.29, 1.82) is 0 Å². The molecule has 1 amide bonds. The molecular weight excluding hydrogens is 274 g/mol. The van der Waals surface area contributed by atoms with Crippen molar-refractivity contribution in [3.8, 4) is 5.75 Å². The third-order valence-corrected chi connectivity index (χ3v) is 3.36. The third-order valence-electron chi connectivity index (χ3n) is 3.14. The van der Waals surface area contributed by atoms with Gasteiger partial charge in [-0.05, 0) is 30.9 Å². The summed E-state index contributed by atoms with van der Waals surface area (Å²) in [5, 5.41) is 2.96. The van der Waals surface area contributed by atoms with E-state index in [2.05, 4.69) is 12.2 Å². The van der Waals surface area contributed by atoms with Crippen molar-refractivity contribution in [3.63, 3.8) is 0 Å². The highest BCUT2D eigenvalue weighted by Gasteiger charge is 2.09. The van der Waals surface area contributed by atoms with E-state index >= 15 is 0 Å². The van der Waals surface area contributed by atoms with Gasteiger partial charge < -0.3 is 10.1 Å². The molecule has 20 heavy (non-hydrogen) atoms. The Balaban J connectivity index is 2.16. The number of amides is 1. The molecule has 3 nitrogen and oxygen atoms in total. The number of ether oxygens (including phenoxy) is 1. The molecule has 0 radical (unpaired) electrons. The normalized spacial score (nSPS) is 11.9. The second-order valence-electron chi connectivity index (χ2n) is 4.85. The molecule has 0 aliphatic heterocycles. The molecule has 0 aliphatic rings. The van der Waals surface area contributed by atoms with Gasteiger partial charge in [-0.25, -0.2) is 0 Å². The quantitative estimate of drug-likeness (QED) is 0.670. The van der Waals surface area contributed by atoms with E-state index in [4.69, 9.17) is 16.3 Å². The molecule has 0 fully saturated rings. The van der Waals surface area contributed by atoms with E-state index in [1.54, 1.807) is 0 Å². The molecule has 1 aromatic rings. The van der Waals surface area contributed by atoms with Crippen LogP contribution in [0.25, 0.3) is 0 Å². The summed E-state index contributed by atoms with van der Waals surface area (Å²) in [7, 11) is 0. The Morgan fingerprint density at radius 3 is 2.70 bits per heavy atom. The molecule has 0 aliphatic carbocycles. The summed E-state index contributed by atoms with van der Waals surface area (Å²) in [5.41, 5.74) is 0. The Labute approximate surface area is 126 Å². The highest BCUT2D eigenvalue weighted by Crippen LogP contribution is 2.11. The largest absolute Gasteiger partial charge is 0.493 e. The average Bonchev–Trinajstić information content (AvgIpc) is 2.46. The van der Waals surface area contributed by atoms with Crippen molar-refractivity contribution in [1.82, 2.24) is 5.32 Å². The molecule has 4 heteroatoms. The van der Waals surface area contributed by atoms with E-state index in [0.29, 0.717) is 31.4 Å². The van der Waals surface area contributed by atoms with Crippen molar-refractivity contribution in [2.75, 3.05) is 19.0 Å². The molecule has 1 atom stereocenters. The fourth-order valence-corrected chi connectivity index (χ4v) is 2.34. The molecule has 0 heterocycles. The zero-order chi connectivity index (χ0) is 14.6. The predicted molar refractivity (Wildman–Crippen MR) is 83.3 cm³/mol. The molecule has 0 aromatic heterocycles. The van der Waals surface area contributed by atoms with E-state index in [9.17, 15) is 4.79 Å². The molecule has 0 saturated heterocycles. The Kier molecular flexibility index (Phi) is 8.88. The van der Waals surface area contributed by atoms with Crippen LogP contribution in [0, 0.1) is 5.92 Å². The second-order valence-corrected chi connectivity index (χ2v) is 5.23. The summed E-state index contributed by atoms with van der Waals surface area (Å²) in [4.78, 5) is 11.7. The van der Waals surface area contributed by atoms with E-state index < -0.39 is 0 Å². The highest BCUT2D eigenvalue weighted by atomic mass is 35.5. The van der Waals surface area contributed by atoms with Gasteiger partial charge in [0, 0.05) is 12.4 Å². The van der Waals surface area contributed by atoms with Gasteiger partial charge in [0.05, 0.1) is 13.0 Å². The van der Waals surface area contributed by atoms with Crippen LogP contribution in [0.1, 0.15) is 32.6 Å². The number of hydrogen-bond donors (Lipinski definition) is 1. The Morgan fingerprint density at radius 2 is 2.05 bits per heavy atom. The van der Waals surface area contributed by atoms with Crippen molar-refractivity contribution in [2.45, 2.75) is 32.6 Å². The lowest BCUT2D eigenvalue weighted by molar-refractivity contribution is -0.121. The zero-order valence-corrected chi connectivity index (χ0v) is 12.9. The molecule has 1 N–H and O–H groups in total. The summed E-state index contributed by atoms with van der Waals surface area (Å²) in [6, 6.07) is 9.53. The zero-order valence-electron chi connectivity index (χ0n) is 12.1. The van der Waals surface area contributed by atoms with Gasteiger partial charge in [-0.3, -0.25) is 4.79 Å². The number of rotatable bonds is 10. The van der Waals surface area contributed by atoms with E-state index in [1.165, 1.54) is 0 Å². The standard InChI is InChI=1S/C16H24ClNO2/c1-2-6-14(9-11-17)13-18-16(19)10-12-20-15-7-4-3-5-8-15/h3-5,7-8,14H,2,6,9-13H2,1H3,(H,18,19). The van der Waals surface area contributed by atoms with Gasteiger partial charge in [0.2, 0.25) is 5.91 Å². The van der Waals surface area contributed by atoms with Crippen molar-refractivity contribution in [3.05, 3.63) is 30.3 Å². The first-order valence-corrected chi connectivity index (χ1v) is 7.80. The maximum atomic E-state index is 11.7. The van der Waals surface area contributed by atoms with Crippen LogP contribution < -0.4 is 10.1 Å². The fraction of sp³-hybridized carbons (Fsp3) is 0.562. The minimum atomic E-state index is 0.0385. The van der Waals surface area contributed by atoms with Gasteiger partial charge in [0.1, 0.15) is 5.75 Å². The maximum Gasteiger partial charge on any atom is 0.223 e. The second kappa shape index (κ2) is 10.6. The summed E-state index contributed by atoms with van der Waals surface area (Å²) >= 11 is 5.77. The first kappa shape index (κ1) is 16.8. The Hall–Kier alpha value is -1.22. The van der Waals surface area contributed by atoms with E-state index in [-0.39, 0.29) is 5.91 Å². The first-order valence-electron chi connectivity index (χ1n) is 7.26. The Morgan fingerprint density at radius 1 is 1.30 bits per heavy atom. The predicted octanol–water partition coefficient (Wildman–Crippen LogP) is 3.62. The van der Waals surface area contributed by atoms with Gasteiger partial charge in [-0.1, -0.05) is 31.5 Å². The monoisotopic (exact) mass is 297 g/mol. The molecule has 1 rings (SSSR count). The van der Waals surface area contributed by atoms with Crippen molar-refractivity contribution >= 4 is 17.5 Å². The van der Waals surface area contributed by atoms with Crippen LogP contribution in [0.2, 0.25) is 0 Å². The molecule has 0 spiro atoms. The lowest BCUT2D eigenvalue weighted by Crippen LogP contribution is -2.30. The third kappa shape index (κ3) is 7.39. The van der Waals surface area contributed by atoms with Crippen LogP contribution >= 0.6 is 11.6 Å². The van der Waals surface area contributed by atoms with Crippen molar-refractivity contribution < 1.29 is 9.53 Å². The van der Waals surface area contributed by atoms with E-state index in [1.807, 2.05) is 30.3 Å². The smallest absolute Gasteiger partial charge is 0.223 e. The summed E-state index contributed by atoms with van der Waals surface area (Å²) in [6.07, 6.45) is 3.56. The topological polar surface area (TPSA) is 38.3 Å². The number of alkyl halides is 1. The fourth-order valence-electron chi connectivity index (χ4n) is 2.04. The molecule has 1 aromatic carbocycles. The summed E-state index contributed by atoms with van der Waals surface area (Å²) in [6.45, 7) is 3.27. The number of carbonyl (C=O) groups excluding carboxylic acids is 1. The Bertz CT molecular complexity index is 364. The number of halogens is 1. The molecule has 0 bridgehead atoms. The van der Waals surface area contributed by atoms with Crippen molar-refractivity contribution in [2.24, 2.45) is 5.92 Å². The molecule has 1 unspecified atom stereocenters. The minimum absolute atomic E-state index is 0.0385. The van der Waals surface area contributed by atoms with Crippen LogP contribution in [-0.4, -0.2) is 24.9 Å².